The molecule has 8 nitrogen and oxygen atoms in total. The highest BCUT2D eigenvalue weighted by molar-refractivity contribution is 6.99. The first kappa shape index (κ1) is 32.6. The summed E-state index contributed by atoms with van der Waals surface area (Å²) in [5.74, 6) is -2.82. The van der Waals surface area contributed by atoms with Crippen LogP contribution in [0.1, 0.15) is 67.2 Å². The number of fused-ring (bicyclic) bond motifs is 1. The number of carbonyl (C=O) groups is 4. The highest BCUT2D eigenvalue weighted by Gasteiger charge is 2.59. The molecule has 4 atom stereocenters. The second-order valence-electron chi connectivity index (χ2n) is 13.7. The molecule has 0 spiro atoms. The summed E-state index contributed by atoms with van der Waals surface area (Å²) in [5, 5.41) is 2.19. The van der Waals surface area contributed by atoms with E-state index in [1.807, 2.05) is 36.4 Å². The lowest BCUT2D eigenvalue weighted by atomic mass is 9.69. The van der Waals surface area contributed by atoms with Gasteiger partial charge in [-0.15, -0.1) is 0 Å². The molecule has 1 heterocycles. The molecule has 1 saturated carbocycles. The molecule has 0 unspecified atom stereocenters. The molecule has 0 N–H and O–H groups in total. The third kappa shape index (κ3) is 6.62. The molecule has 2 fully saturated rings. The van der Waals surface area contributed by atoms with Crippen molar-refractivity contribution in [3.8, 4) is 0 Å². The van der Waals surface area contributed by atoms with Crippen molar-refractivity contribution in [2.45, 2.75) is 83.9 Å². The van der Waals surface area contributed by atoms with E-state index in [9.17, 15) is 19.2 Å². The van der Waals surface area contributed by atoms with Gasteiger partial charge in [-0.3, -0.25) is 9.59 Å². The van der Waals surface area contributed by atoms with E-state index >= 15 is 0 Å². The molecule has 2 aromatic carbocycles. The zero-order valence-electron chi connectivity index (χ0n) is 26.4. The maximum atomic E-state index is 13.8. The van der Waals surface area contributed by atoms with Crippen molar-refractivity contribution < 1.29 is 33.1 Å². The van der Waals surface area contributed by atoms with Crippen molar-refractivity contribution in [1.82, 2.24) is 4.90 Å². The van der Waals surface area contributed by atoms with Crippen molar-refractivity contribution in [3.63, 3.8) is 0 Å². The van der Waals surface area contributed by atoms with Gasteiger partial charge in [0.15, 0.2) is 0 Å². The van der Waals surface area contributed by atoms with E-state index in [-0.39, 0.29) is 29.6 Å². The largest absolute Gasteiger partial charge is 0.467 e. The normalized spacial score (nSPS) is 22.7. The lowest BCUT2D eigenvalue weighted by Crippen LogP contribution is -2.66. The minimum atomic E-state index is -2.73. The average molecular weight is 608 g/mol. The Morgan fingerprint density at radius 1 is 0.884 bits per heavy atom. The molecular formula is C34H45NO7Si. The zero-order valence-corrected chi connectivity index (χ0v) is 27.4. The number of carbonyl (C=O) groups excluding carboxylic acids is 4. The molecule has 232 valence electrons. The first-order valence-corrected chi connectivity index (χ1v) is 17.0. The lowest BCUT2D eigenvalue weighted by Gasteiger charge is -2.43. The third-order valence-corrected chi connectivity index (χ3v) is 13.7. The number of Topliss-reactive ketones (excluding diaryl/α,β-unsaturated/α-hetero) is 1. The van der Waals surface area contributed by atoms with Gasteiger partial charge in [0, 0.05) is 31.3 Å². The van der Waals surface area contributed by atoms with Crippen molar-refractivity contribution >= 4 is 42.4 Å². The summed E-state index contributed by atoms with van der Waals surface area (Å²) in [6, 6.07) is 19.6. The second-order valence-corrected chi connectivity index (χ2v) is 18.0. The number of methoxy groups -OCH3 is 1. The summed E-state index contributed by atoms with van der Waals surface area (Å²) < 4.78 is 17.5. The number of ether oxygens (including phenoxy) is 2. The van der Waals surface area contributed by atoms with Crippen LogP contribution in [0.3, 0.4) is 0 Å². The molecule has 4 rings (SSSR count). The maximum absolute atomic E-state index is 13.8. The fourth-order valence-corrected chi connectivity index (χ4v) is 11.6. The third-order valence-electron chi connectivity index (χ3n) is 8.62. The fraction of sp³-hybridized carbons (Fsp3) is 0.529. The summed E-state index contributed by atoms with van der Waals surface area (Å²) in [6.45, 7) is 12.2. The van der Waals surface area contributed by atoms with Gasteiger partial charge >= 0.3 is 12.1 Å². The van der Waals surface area contributed by atoms with Crippen molar-refractivity contribution in [2.24, 2.45) is 17.8 Å². The highest BCUT2D eigenvalue weighted by Crippen LogP contribution is 2.46. The van der Waals surface area contributed by atoms with Gasteiger partial charge in [-0.2, -0.15) is 0 Å². The van der Waals surface area contributed by atoms with Gasteiger partial charge in [-0.1, -0.05) is 81.4 Å². The molecule has 9 heteroatoms. The molecule has 2 aliphatic rings. The molecule has 1 aliphatic heterocycles. The van der Waals surface area contributed by atoms with Crippen LogP contribution >= 0.6 is 0 Å². The van der Waals surface area contributed by atoms with Crippen LogP contribution in [-0.2, 0) is 28.3 Å². The predicted molar refractivity (Wildman–Crippen MR) is 166 cm³/mol. The predicted octanol–water partition coefficient (Wildman–Crippen LogP) is 4.87. The number of hydrogen-bond donors (Lipinski definition) is 0. The number of hydrogen-bond acceptors (Lipinski definition) is 7. The van der Waals surface area contributed by atoms with Crippen LogP contribution in [0.5, 0.6) is 0 Å². The van der Waals surface area contributed by atoms with Gasteiger partial charge in [0.05, 0.1) is 7.11 Å². The molecule has 1 aliphatic carbocycles. The standard InChI is InChI=1S/C34H45NO7Si/c1-33(2,3)42-32(39)35-29(31(38)40-7)27-22-24(36)21-23(28(27)30(35)37)15-14-20-41-43(34(4,5)6,25-16-10-8-11-17-25)26-18-12-9-13-19-26/h8-13,16-19,23,27-29H,14-15,20-22H2,1-7H3/t23-,27-,28+,29-/m0/s1. The van der Waals surface area contributed by atoms with Crippen molar-refractivity contribution in [1.29, 1.82) is 0 Å². The monoisotopic (exact) mass is 607 g/mol. The van der Waals surface area contributed by atoms with Crippen LogP contribution in [0, 0.1) is 17.8 Å². The Balaban J connectivity index is 1.58. The van der Waals surface area contributed by atoms with Crippen molar-refractivity contribution in [2.75, 3.05) is 13.7 Å². The highest BCUT2D eigenvalue weighted by atomic mass is 28.4. The first-order chi connectivity index (χ1) is 20.2. The lowest BCUT2D eigenvalue weighted by molar-refractivity contribution is -0.149. The SMILES string of the molecule is COC(=O)[C@@H]1[C@H]2CC(=O)C[C@H](CCCO[Si](c3ccccc3)(c3ccccc3)C(C)(C)C)[C@H]2C(=O)N1C(=O)OC(C)(C)C. The van der Waals surface area contributed by atoms with Crippen molar-refractivity contribution in [3.05, 3.63) is 60.7 Å². The molecular weight excluding hydrogens is 562 g/mol. The summed E-state index contributed by atoms with van der Waals surface area (Å²) in [4.78, 5) is 53.7. The Hall–Kier alpha value is -3.30. The molecule has 2 aromatic rings. The van der Waals surface area contributed by atoms with E-state index in [4.69, 9.17) is 13.9 Å². The Morgan fingerprint density at radius 2 is 1.44 bits per heavy atom. The molecule has 0 aromatic heterocycles. The van der Waals surface area contributed by atoms with Gasteiger partial charge in [0.2, 0.25) is 5.91 Å². The number of nitrogens with zero attached hydrogens (tertiary/aromatic N) is 1. The number of ketones is 1. The summed E-state index contributed by atoms with van der Waals surface area (Å²) in [7, 11) is -1.51. The van der Waals surface area contributed by atoms with Crippen LogP contribution in [0.4, 0.5) is 4.79 Å². The number of imide groups is 1. The summed E-state index contributed by atoms with van der Waals surface area (Å²) in [6.07, 6.45) is 0.553. The van der Waals surface area contributed by atoms with E-state index in [1.165, 1.54) is 17.5 Å². The van der Waals surface area contributed by atoms with E-state index in [1.54, 1.807) is 20.8 Å². The van der Waals surface area contributed by atoms with Crippen LogP contribution < -0.4 is 10.4 Å². The van der Waals surface area contributed by atoms with Crippen LogP contribution in [-0.4, -0.2) is 62.3 Å². The number of esters is 1. The molecule has 2 amide bonds. The minimum Gasteiger partial charge on any atom is -0.467 e. The molecule has 0 bridgehead atoms. The summed E-state index contributed by atoms with van der Waals surface area (Å²) >= 11 is 0. The van der Waals surface area contributed by atoms with Crippen LogP contribution in [0.2, 0.25) is 5.04 Å². The minimum absolute atomic E-state index is 0.0214. The molecule has 0 radical (unpaired) electrons. The van der Waals surface area contributed by atoms with Gasteiger partial charge in [-0.05, 0) is 54.9 Å². The van der Waals surface area contributed by atoms with Gasteiger partial charge < -0.3 is 13.9 Å². The number of benzene rings is 2. The van der Waals surface area contributed by atoms with E-state index in [0.717, 1.165) is 4.90 Å². The molecule has 1 saturated heterocycles. The zero-order chi connectivity index (χ0) is 31.6. The number of amides is 2. The van der Waals surface area contributed by atoms with E-state index in [0.29, 0.717) is 19.4 Å². The van der Waals surface area contributed by atoms with Crippen LogP contribution in [0.15, 0.2) is 60.7 Å². The smallest absolute Gasteiger partial charge is 0.417 e. The Morgan fingerprint density at radius 3 is 1.93 bits per heavy atom. The van der Waals surface area contributed by atoms with E-state index in [2.05, 4.69) is 45.0 Å². The quantitative estimate of drug-likeness (QED) is 0.240. The topological polar surface area (TPSA) is 99.2 Å². The summed E-state index contributed by atoms with van der Waals surface area (Å²) in [5.41, 5.74) is -0.862. The van der Waals surface area contributed by atoms with Crippen LogP contribution in [0.25, 0.3) is 0 Å². The fourth-order valence-electron chi connectivity index (χ4n) is 6.95. The Labute approximate surface area is 256 Å². The first-order valence-electron chi connectivity index (χ1n) is 15.1. The second kappa shape index (κ2) is 12.7. The average Bonchev–Trinajstić information content (AvgIpc) is 3.24. The number of likely N-dealkylation sites (tertiary alicyclic amines) is 1. The van der Waals surface area contributed by atoms with Gasteiger partial charge in [0.1, 0.15) is 17.4 Å². The number of rotatable bonds is 8. The van der Waals surface area contributed by atoms with Gasteiger partial charge in [-0.25, -0.2) is 14.5 Å². The van der Waals surface area contributed by atoms with E-state index < -0.39 is 49.8 Å². The van der Waals surface area contributed by atoms with Gasteiger partial charge in [0.25, 0.3) is 8.32 Å². The maximum Gasteiger partial charge on any atom is 0.417 e. The molecule has 43 heavy (non-hydrogen) atoms. The Bertz CT molecular complexity index is 1280. The Kier molecular flexibility index (Phi) is 9.66.